The second kappa shape index (κ2) is 8.00. The monoisotopic (exact) mass is 431 g/mol. The lowest BCUT2D eigenvalue weighted by molar-refractivity contribution is -0.138. The lowest BCUT2D eigenvalue weighted by Gasteiger charge is -2.15. The van der Waals surface area contributed by atoms with Crippen molar-refractivity contribution in [3.63, 3.8) is 0 Å². The summed E-state index contributed by atoms with van der Waals surface area (Å²) in [6.07, 6.45) is -3.24. The molecule has 164 valence electrons. The van der Waals surface area contributed by atoms with Crippen LogP contribution in [0.2, 0.25) is 0 Å². The smallest absolute Gasteiger partial charge is 0.419 e. The molecule has 0 bridgehead atoms. The molecule has 1 atom stereocenters. The first-order chi connectivity index (χ1) is 14.7. The van der Waals surface area contributed by atoms with E-state index in [1.807, 2.05) is 32.9 Å². The summed E-state index contributed by atoms with van der Waals surface area (Å²) in [6, 6.07) is 7.81. The Labute approximate surface area is 178 Å². The van der Waals surface area contributed by atoms with Crippen LogP contribution in [0.15, 0.2) is 30.3 Å². The number of aryl methyl sites for hydroxylation is 2. The van der Waals surface area contributed by atoms with Gasteiger partial charge in [-0.3, -0.25) is 4.98 Å². The predicted octanol–water partition coefficient (Wildman–Crippen LogP) is 5.08. The number of halogens is 3. The van der Waals surface area contributed by atoms with E-state index in [1.54, 1.807) is 4.68 Å². The molecular weight excluding hydrogens is 407 g/mol. The summed E-state index contributed by atoms with van der Waals surface area (Å²) in [5.74, 6) is -0.232. The number of methoxy groups -OCH3 is 1. The first kappa shape index (κ1) is 21.4. The van der Waals surface area contributed by atoms with Crippen LogP contribution in [-0.2, 0) is 23.8 Å². The van der Waals surface area contributed by atoms with Gasteiger partial charge in [-0.15, -0.1) is 0 Å². The fourth-order valence-corrected chi connectivity index (χ4v) is 4.11. The highest BCUT2D eigenvalue weighted by atomic mass is 19.4. The van der Waals surface area contributed by atoms with Crippen molar-refractivity contribution < 1.29 is 22.6 Å². The number of hydrogen-bond acceptors (Lipinski definition) is 4. The SMILES string of the molecule is COc1cc(-n2nc(-c3cc(C)nc(C)c3)c3c2C[C@H](C)OCC3)ccc1C(F)(F)F. The van der Waals surface area contributed by atoms with Crippen molar-refractivity contribution >= 4 is 0 Å². The van der Waals surface area contributed by atoms with E-state index in [9.17, 15) is 13.2 Å². The number of fused-ring (bicyclic) bond motifs is 1. The van der Waals surface area contributed by atoms with Crippen LogP contribution in [0, 0.1) is 13.8 Å². The van der Waals surface area contributed by atoms with Crippen molar-refractivity contribution in [2.45, 2.75) is 45.9 Å². The maximum Gasteiger partial charge on any atom is 0.419 e. The van der Waals surface area contributed by atoms with Crippen LogP contribution in [-0.4, -0.2) is 34.6 Å². The summed E-state index contributed by atoms with van der Waals surface area (Å²) in [5.41, 5.74) is 5.20. The second-order valence-corrected chi connectivity index (χ2v) is 7.84. The highest BCUT2D eigenvalue weighted by Crippen LogP contribution is 2.38. The fourth-order valence-electron chi connectivity index (χ4n) is 4.11. The Morgan fingerprint density at radius 3 is 2.48 bits per heavy atom. The third-order valence-electron chi connectivity index (χ3n) is 5.42. The molecule has 3 aromatic rings. The van der Waals surface area contributed by atoms with Gasteiger partial charge < -0.3 is 9.47 Å². The molecule has 0 amide bonds. The lowest BCUT2D eigenvalue weighted by atomic mass is 10.0. The maximum atomic E-state index is 13.3. The molecule has 8 heteroatoms. The maximum absolute atomic E-state index is 13.3. The molecule has 0 aliphatic carbocycles. The van der Waals surface area contributed by atoms with Gasteiger partial charge in [-0.25, -0.2) is 4.68 Å². The normalized spacial score (nSPS) is 16.7. The number of benzene rings is 1. The zero-order valence-corrected chi connectivity index (χ0v) is 17.9. The minimum absolute atomic E-state index is 0.0261. The highest BCUT2D eigenvalue weighted by Gasteiger charge is 2.35. The molecule has 1 aliphatic heterocycles. The van der Waals surface area contributed by atoms with Gasteiger partial charge in [0.15, 0.2) is 0 Å². The molecule has 0 N–H and O–H groups in total. The van der Waals surface area contributed by atoms with Crippen LogP contribution in [0.4, 0.5) is 13.2 Å². The first-order valence-corrected chi connectivity index (χ1v) is 10.1. The van der Waals surface area contributed by atoms with Gasteiger partial charge in [-0.1, -0.05) is 0 Å². The number of hydrogen-bond donors (Lipinski definition) is 0. The van der Waals surface area contributed by atoms with Gasteiger partial charge >= 0.3 is 6.18 Å². The Hall–Kier alpha value is -2.87. The average Bonchev–Trinajstić information content (AvgIpc) is 2.92. The second-order valence-electron chi connectivity index (χ2n) is 7.84. The van der Waals surface area contributed by atoms with E-state index in [-0.39, 0.29) is 11.9 Å². The number of alkyl halides is 3. The Kier molecular flexibility index (Phi) is 5.51. The van der Waals surface area contributed by atoms with Crippen LogP contribution in [0.1, 0.15) is 35.1 Å². The highest BCUT2D eigenvalue weighted by molar-refractivity contribution is 5.66. The minimum atomic E-state index is -4.50. The predicted molar refractivity (Wildman–Crippen MR) is 111 cm³/mol. The quantitative estimate of drug-likeness (QED) is 0.580. The molecule has 1 aromatic carbocycles. The third kappa shape index (κ3) is 4.17. The van der Waals surface area contributed by atoms with Crippen molar-refractivity contribution in [3.05, 3.63) is 58.5 Å². The molecule has 4 rings (SSSR count). The van der Waals surface area contributed by atoms with Gasteiger partial charge in [0.05, 0.1) is 42.5 Å². The molecule has 0 unspecified atom stereocenters. The summed E-state index contributed by atoms with van der Waals surface area (Å²) >= 11 is 0. The number of pyridine rings is 1. The van der Waals surface area contributed by atoms with Gasteiger partial charge in [0.1, 0.15) is 5.75 Å². The molecular formula is C23H24F3N3O2. The zero-order valence-electron chi connectivity index (χ0n) is 17.9. The Balaban J connectivity index is 1.92. The van der Waals surface area contributed by atoms with E-state index in [0.717, 1.165) is 40.0 Å². The van der Waals surface area contributed by atoms with Crippen molar-refractivity contribution in [2.24, 2.45) is 0 Å². The average molecular weight is 431 g/mol. The molecule has 0 fully saturated rings. The van der Waals surface area contributed by atoms with E-state index in [1.165, 1.54) is 19.2 Å². The number of nitrogens with zero attached hydrogens (tertiary/aromatic N) is 3. The molecule has 1 aliphatic rings. The van der Waals surface area contributed by atoms with Crippen LogP contribution in [0.25, 0.3) is 16.9 Å². The van der Waals surface area contributed by atoms with E-state index >= 15 is 0 Å². The van der Waals surface area contributed by atoms with Gasteiger partial charge in [0.2, 0.25) is 0 Å². The summed E-state index contributed by atoms with van der Waals surface area (Å²) in [6.45, 7) is 6.41. The van der Waals surface area contributed by atoms with Gasteiger partial charge in [0, 0.05) is 35.0 Å². The van der Waals surface area contributed by atoms with Crippen molar-refractivity contribution in [1.29, 1.82) is 0 Å². The van der Waals surface area contributed by atoms with Crippen LogP contribution < -0.4 is 4.74 Å². The van der Waals surface area contributed by atoms with E-state index in [4.69, 9.17) is 14.6 Å². The van der Waals surface area contributed by atoms with E-state index in [0.29, 0.717) is 25.1 Å². The topological polar surface area (TPSA) is 49.2 Å². The molecule has 0 saturated carbocycles. The molecule has 31 heavy (non-hydrogen) atoms. The largest absolute Gasteiger partial charge is 0.496 e. The van der Waals surface area contributed by atoms with Gasteiger partial charge in [-0.2, -0.15) is 18.3 Å². The Morgan fingerprint density at radius 2 is 1.84 bits per heavy atom. The summed E-state index contributed by atoms with van der Waals surface area (Å²) < 4.78 is 52.6. The number of aromatic nitrogens is 3. The Bertz CT molecular complexity index is 1100. The summed E-state index contributed by atoms with van der Waals surface area (Å²) in [4.78, 5) is 4.44. The third-order valence-corrected chi connectivity index (χ3v) is 5.42. The minimum Gasteiger partial charge on any atom is -0.496 e. The lowest BCUT2D eigenvalue weighted by Crippen LogP contribution is -2.14. The summed E-state index contributed by atoms with van der Waals surface area (Å²) in [7, 11) is 1.24. The standard InChI is InChI=1S/C23H24F3N3O2/c1-13-9-16(10-14(2)27-13)22-18-7-8-31-15(3)11-20(18)29(28-22)17-5-6-19(23(24,25)26)21(12-17)30-4/h5-6,9-10,12,15H,7-8,11H2,1-4H3/t15-/m0/s1. The molecule has 3 heterocycles. The fraction of sp³-hybridized carbons (Fsp3) is 0.391. The van der Waals surface area contributed by atoms with E-state index in [2.05, 4.69) is 4.98 Å². The van der Waals surface area contributed by atoms with Crippen molar-refractivity contribution in [2.75, 3.05) is 13.7 Å². The number of rotatable bonds is 3. The van der Waals surface area contributed by atoms with Crippen LogP contribution >= 0.6 is 0 Å². The van der Waals surface area contributed by atoms with Crippen molar-refractivity contribution in [1.82, 2.24) is 14.8 Å². The Morgan fingerprint density at radius 1 is 1.13 bits per heavy atom. The summed E-state index contributed by atoms with van der Waals surface area (Å²) in [5, 5.41) is 4.85. The number of ether oxygens (including phenoxy) is 2. The zero-order chi connectivity index (χ0) is 22.3. The van der Waals surface area contributed by atoms with Gasteiger partial charge in [0.25, 0.3) is 0 Å². The van der Waals surface area contributed by atoms with Gasteiger partial charge in [-0.05, 0) is 51.5 Å². The van der Waals surface area contributed by atoms with Crippen molar-refractivity contribution in [3.8, 4) is 22.7 Å². The molecule has 0 saturated heterocycles. The molecule has 5 nitrogen and oxygen atoms in total. The molecule has 2 aromatic heterocycles. The molecule has 0 spiro atoms. The van der Waals surface area contributed by atoms with Crippen LogP contribution in [0.3, 0.4) is 0 Å². The molecule has 0 radical (unpaired) electrons. The van der Waals surface area contributed by atoms with Crippen LogP contribution in [0.5, 0.6) is 5.75 Å². The first-order valence-electron chi connectivity index (χ1n) is 10.1. The van der Waals surface area contributed by atoms with E-state index < -0.39 is 11.7 Å².